The summed E-state index contributed by atoms with van der Waals surface area (Å²) in [5, 5.41) is 5.12. The Morgan fingerprint density at radius 3 is 2.79 bits per heavy atom. The van der Waals surface area contributed by atoms with Crippen LogP contribution in [-0.2, 0) is 0 Å². The first-order valence-corrected chi connectivity index (χ1v) is 10.4. The topological polar surface area (TPSA) is 65.7 Å². The van der Waals surface area contributed by atoms with Crippen LogP contribution in [0.15, 0.2) is 55.8 Å². The van der Waals surface area contributed by atoms with E-state index in [-0.39, 0.29) is 12.2 Å². The summed E-state index contributed by atoms with van der Waals surface area (Å²) in [6, 6.07) is 7.05. The number of fused-ring (bicyclic) bond motifs is 1. The molecule has 3 rings (SSSR count). The fraction of sp³-hybridized carbons (Fsp3) is 0.150. The summed E-state index contributed by atoms with van der Waals surface area (Å²) in [6.45, 7) is 5.62. The van der Waals surface area contributed by atoms with E-state index in [0.29, 0.717) is 43.3 Å². The van der Waals surface area contributed by atoms with Crippen molar-refractivity contribution in [1.82, 2.24) is 9.66 Å². The van der Waals surface area contributed by atoms with Gasteiger partial charge in [-0.3, -0.25) is 4.79 Å². The minimum atomic E-state index is -0.273. The maximum absolute atomic E-state index is 12.9. The minimum Gasteiger partial charge on any atom is -0.493 e. The highest BCUT2D eigenvalue weighted by molar-refractivity contribution is 9.10. The van der Waals surface area contributed by atoms with Gasteiger partial charge in [0.1, 0.15) is 17.5 Å². The monoisotopic (exact) mass is 539 g/mol. The first-order chi connectivity index (χ1) is 13.9. The smallest absolute Gasteiger partial charge is 0.282 e. The molecule has 0 aliphatic carbocycles. The number of halogens is 3. The summed E-state index contributed by atoms with van der Waals surface area (Å²) in [6.07, 6.45) is 3.12. The molecule has 0 N–H and O–H groups in total. The molecule has 0 fully saturated rings. The summed E-state index contributed by atoms with van der Waals surface area (Å²) >= 11 is 13.3. The Labute approximate surface area is 189 Å². The SMILES string of the molecule is C=CCOc1c(OC)cc(C=Nn2c(C)nc3ccc(Br)cc3c2=O)c(Br)c1Cl. The maximum atomic E-state index is 12.9. The van der Waals surface area contributed by atoms with Crippen LogP contribution >= 0.6 is 43.5 Å². The fourth-order valence-electron chi connectivity index (χ4n) is 2.64. The predicted octanol–water partition coefficient (Wildman–Crippen LogP) is 5.34. The van der Waals surface area contributed by atoms with Gasteiger partial charge in [0.05, 0.1) is 24.2 Å². The van der Waals surface area contributed by atoms with Crippen LogP contribution in [0.1, 0.15) is 11.4 Å². The second-order valence-corrected chi connectivity index (χ2v) is 7.99. The van der Waals surface area contributed by atoms with Gasteiger partial charge >= 0.3 is 0 Å². The highest BCUT2D eigenvalue weighted by atomic mass is 79.9. The van der Waals surface area contributed by atoms with Crippen molar-refractivity contribution in [3.63, 3.8) is 0 Å². The Balaban J connectivity index is 2.09. The van der Waals surface area contributed by atoms with Crippen LogP contribution in [-0.4, -0.2) is 29.6 Å². The lowest BCUT2D eigenvalue weighted by Gasteiger charge is -2.14. The van der Waals surface area contributed by atoms with Gasteiger partial charge in [-0.25, -0.2) is 4.98 Å². The van der Waals surface area contributed by atoms with E-state index < -0.39 is 0 Å². The molecule has 150 valence electrons. The summed E-state index contributed by atoms with van der Waals surface area (Å²) in [7, 11) is 1.51. The first kappa shape index (κ1) is 21.5. The molecule has 0 unspecified atom stereocenters. The zero-order valence-electron chi connectivity index (χ0n) is 15.6. The molecule has 0 atom stereocenters. The highest BCUT2D eigenvalue weighted by Gasteiger charge is 2.17. The molecule has 1 heterocycles. The molecule has 0 amide bonds. The van der Waals surface area contributed by atoms with Gasteiger partial charge in [-0.2, -0.15) is 9.78 Å². The van der Waals surface area contributed by atoms with Crippen LogP contribution in [0.4, 0.5) is 0 Å². The van der Waals surface area contributed by atoms with Gasteiger partial charge in [-0.15, -0.1) is 0 Å². The number of rotatable bonds is 6. The molecule has 0 saturated heterocycles. The Hall–Kier alpha value is -2.16. The van der Waals surface area contributed by atoms with Gasteiger partial charge in [0.2, 0.25) is 0 Å². The molecule has 6 nitrogen and oxygen atoms in total. The molecule has 1 aromatic heterocycles. The minimum absolute atomic E-state index is 0.273. The van der Waals surface area contributed by atoms with Gasteiger partial charge < -0.3 is 9.47 Å². The van der Waals surface area contributed by atoms with Crippen molar-refractivity contribution in [2.24, 2.45) is 5.10 Å². The molecular formula is C20H16Br2ClN3O3. The van der Waals surface area contributed by atoms with E-state index in [0.717, 1.165) is 4.47 Å². The van der Waals surface area contributed by atoms with Crippen molar-refractivity contribution >= 4 is 60.6 Å². The average Bonchev–Trinajstić information content (AvgIpc) is 2.70. The van der Waals surface area contributed by atoms with Crippen molar-refractivity contribution in [2.45, 2.75) is 6.92 Å². The lowest BCUT2D eigenvalue weighted by atomic mass is 10.2. The maximum Gasteiger partial charge on any atom is 0.282 e. The Morgan fingerprint density at radius 1 is 1.34 bits per heavy atom. The van der Waals surface area contributed by atoms with E-state index in [4.69, 9.17) is 21.1 Å². The van der Waals surface area contributed by atoms with Crippen molar-refractivity contribution < 1.29 is 9.47 Å². The number of hydrogen-bond acceptors (Lipinski definition) is 5. The third-order valence-corrected chi connectivity index (χ3v) is 5.94. The normalized spacial score (nSPS) is 11.2. The summed E-state index contributed by atoms with van der Waals surface area (Å²) in [5.41, 5.74) is 0.945. The molecular weight excluding hydrogens is 525 g/mol. The summed E-state index contributed by atoms with van der Waals surface area (Å²) in [5.74, 6) is 1.29. The first-order valence-electron chi connectivity index (χ1n) is 8.40. The van der Waals surface area contributed by atoms with E-state index in [9.17, 15) is 4.79 Å². The lowest BCUT2D eigenvalue weighted by Crippen LogP contribution is -2.20. The number of hydrogen-bond donors (Lipinski definition) is 0. The lowest BCUT2D eigenvalue weighted by molar-refractivity contribution is 0.326. The number of methoxy groups -OCH3 is 1. The van der Waals surface area contributed by atoms with Crippen molar-refractivity contribution in [3.05, 3.63) is 72.6 Å². The van der Waals surface area contributed by atoms with Crippen LogP contribution in [0.3, 0.4) is 0 Å². The predicted molar refractivity (Wildman–Crippen MR) is 123 cm³/mol. The molecule has 0 saturated carbocycles. The third kappa shape index (κ3) is 4.39. The van der Waals surface area contributed by atoms with Crippen LogP contribution in [0.5, 0.6) is 11.5 Å². The second kappa shape index (κ2) is 9.11. The van der Waals surface area contributed by atoms with E-state index in [1.807, 2.05) is 6.07 Å². The van der Waals surface area contributed by atoms with Crippen LogP contribution in [0, 0.1) is 6.92 Å². The number of aromatic nitrogens is 2. The van der Waals surface area contributed by atoms with Crippen molar-refractivity contribution in [2.75, 3.05) is 13.7 Å². The highest BCUT2D eigenvalue weighted by Crippen LogP contribution is 2.42. The molecule has 9 heteroatoms. The molecule has 2 aromatic carbocycles. The van der Waals surface area contributed by atoms with E-state index in [1.54, 1.807) is 31.2 Å². The molecule has 0 aliphatic rings. The summed E-state index contributed by atoms with van der Waals surface area (Å²) < 4.78 is 13.6. The van der Waals surface area contributed by atoms with Gasteiger partial charge in [0, 0.05) is 14.5 Å². The molecule has 0 radical (unpaired) electrons. The third-order valence-electron chi connectivity index (χ3n) is 4.00. The fourth-order valence-corrected chi connectivity index (χ4v) is 3.66. The van der Waals surface area contributed by atoms with E-state index in [2.05, 4.69) is 48.5 Å². The molecule has 29 heavy (non-hydrogen) atoms. The number of ether oxygens (including phenoxy) is 2. The zero-order chi connectivity index (χ0) is 21.1. The average molecular weight is 542 g/mol. The molecule has 0 bridgehead atoms. The molecule has 3 aromatic rings. The summed E-state index contributed by atoms with van der Waals surface area (Å²) in [4.78, 5) is 17.3. The van der Waals surface area contributed by atoms with Crippen molar-refractivity contribution in [3.8, 4) is 11.5 Å². The Bertz CT molecular complexity index is 1190. The Kier molecular flexibility index (Phi) is 6.77. The number of benzene rings is 2. The largest absolute Gasteiger partial charge is 0.493 e. The molecule has 0 aliphatic heterocycles. The standard InChI is InChI=1S/C20H16Br2ClN3O3/c1-4-7-29-19-16(28-3)8-12(17(22)18(19)23)10-24-26-11(2)25-15-6-5-13(21)9-14(15)20(26)27/h4-6,8-10H,1,7H2,2-3H3. The van der Waals surface area contributed by atoms with Crippen molar-refractivity contribution in [1.29, 1.82) is 0 Å². The second-order valence-electron chi connectivity index (χ2n) is 5.91. The van der Waals surface area contributed by atoms with E-state index >= 15 is 0 Å². The zero-order valence-corrected chi connectivity index (χ0v) is 19.5. The van der Waals surface area contributed by atoms with Gasteiger partial charge in [0.25, 0.3) is 5.56 Å². The van der Waals surface area contributed by atoms with Crippen LogP contribution in [0.2, 0.25) is 5.02 Å². The van der Waals surface area contributed by atoms with Gasteiger partial charge in [0.15, 0.2) is 11.5 Å². The number of aryl methyl sites for hydroxylation is 1. The van der Waals surface area contributed by atoms with E-state index in [1.165, 1.54) is 18.0 Å². The molecule has 0 spiro atoms. The quantitative estimate of drug-likeness (QED) is 0.312. The van der Waals surface area contributed by atoms with Crippen LogP contribution in [0.25, 0.3) is 10.9 Å². The Morgan fingerprint density at radius 2 is 2.10 bits per heavy atom. The van der Waals surface area contributed by atoms with Gasteiger partial charge in [-0.1, -0.05) is 40.2 Å². The van der Waals surface area contributed by atoms with Crippen LogP contribution < -0.4 is 15.0 Å². The van der Waals surface area contributed by atoms with Gasteiger partial charge in [-0.05, 0) is 47.1 Å². The number of nitrogens with zero attached hydrogens (tertiary/aromatic N) is 3.